The third-order valence-corrected chi connectivity index (χ3v) is 2.35. The molecule has 0 saturated carbocycles. The van der Waals surface area contributed by atoms with Crippen molar-refractivity contribution in [3.8, 4) is 5.75 Å². The Kier molecular flexibility index (Phi) is 3.18. The lowest BCUT2D eigenvalue weighted by atomic mass is 10.1. The van der Waals surface area contributed by atoms with Gasteiger partial charge in [0.2, 0.25) is 0 Å². The van der Waals surface area contributed by atoms with E-state index in [2.05, 4.69) is 4.98 Å². The molecule has 0 radical (unpaired) electrons. The van der Waals surface area contributed by atoms with E-state index in [9.17, 15) is 9.18 Å². The third kappa shape index (κ3) is 2.50. The van der Waals surface area contributed by atoms with E-state index in [1.807, 2.05) is 0 Å². The Hall–Kier alpha value is -2.17. The number of hydrogen-bond donors (Lipinski definition) is 0. The van der Waals surface area contributed by atoms with Gasteiger partial charge in [-0.15, -0.1) is 0 Å². The molecule has 0 bridgehead atoms. The van der Waals surface area contributed by atoms with E-state index in [1.54, 1.807) is 17.0 Å². The first-order valence-corrected chi connectivity index (χ1v) is 5.03. The topological polar surface area (TPSA) is 44.1 Å². The maximum absolute atomic E-state index is 13.1. The molecule has 0 amide bonds. The van der Waals surface area contributed by atoms with Crippen LogP contribution in [0.5, 0.6) is 5.75 Å². The van der Waals surface area contributed by atoms with Crippen LogP contribution in [0.15, 0.2) is 36.9 Å². The van der Waals surface area contributed by atoms with Gasteiger partial charge in [-0.25, -0.2) is 9.37 Å². The summed E-state index contributed by atoms with van der Waals surface area (Å²) in [6, 6.07) is 3.88. The average molecular weight is 234 g/mol. The minimum absolute atomic E-state index is 0.111. The number of halogens is 1. The first-order valence-electron chi connectivity index (χ1n) is 5.03. The van der Waals surface area contributed by atoms with Crippen LogP contribution in [0.4, 0.5) is 4.39 Å². The molecule has 4 nitrogen and oxygen atoms in total. The quantitative estimate of drug-likeness (QED) is 0.759. The van der Waals surface area contributed by atoms with Gasteiger partial charge in [0.1, 0.15) is 11.6 Å². The van der Waals surface area contributed by atoms with E-state index in [1.165, 1.54) is 31.6 Å². The summed E-state index contributed by atoms with van der Waals surface area (Å²) >= 11 is 0. The van der Waals surface area contributed by atoms with Crippen LogP contribution in [-0.4, -0.2) is 22.4 Å². The van der Waals surface area contributed by atoms with Gasteiger partial charge in [-0.3, -0.25) is 4.79 Å². The molecule has 2 aromatic rings. The monoisotopic (exact) mass is 234 g/mol. The number of carbonyl (C=O) groups is 1. The molecule has 0 aliphatic carbocycles. The zero-order valence-electron chi connectivity index (χ0n) is 9.26. The lowest BCUT2D eigenvalue weighted by Crippen LogP contribution is -2.10. The fraction of sp³-hybridized carbons (Fsp3) is 0.167. The molecule has 1 heterocycles. The van der Waals surface area contributed by atoms with Crippen molar-refractivity contribution in [3.05, 3.63) is 48.3 Å². The summed E-state index contributed by atoms with van der Waals surface area (Å²) < 4.78 is 19.7. The van der Waals surface area contributed by atoms with E-state index in [0.717, 1.165) is 0 Å². The molecule has 0 N–H and O–H groups in total. The molecular formula is C12H11FN2O2. The number of methoxy groups -OCH3 is 1. The molecule has 17 heavy (non-hydrogen) atoms. The van der Waals surface area contributed by atoms with Gasteiger partial charge in [0.15, 0.2) is 5.78 Å². The van der Waals surface area contributed by atoms with Crippen molar-refractivity contribution < 1.29 is 13.9 Å². The van der Waals surface area contributed by atoms with Crippen LogP contribution in [-0.2, 0) is 6.54 Å². The summed E-state index contributed by atoms with van der Waals surface area (Å²) in [5.74, 6) is -0.310. The molecule has 5 heteroatoms. The van der Waals surface area contributed by atoms with E-state index < -0.39 is 5.82 Å². The number of Topliss-reactive ketones (excluding diaryl/α,β-unsaturated/α-hetero) is 1. The minimum Gasteiger partial charge on any atom is -0.496 e. The molecular weight excluding hydrogens is 223 g/mol. The Bertz CT molecular complexity index is 523. The second kappa shape index (κ2) is 4.78. The predicted molar refractivity (Wildman–Crippen MR) is 59.5 cm³/mol. The van der Waals surface area contributed by atoms with Gasteiger partial charge < -0.3 is 9.30 Å². The standard InChI is InChI=1S/C12H11FN2O2/c1-17-12-3-2-9(13)6-10(12)11(16)7-15-5-4-14-8-15/h2-6,8H,7H2,1H3. The van der Waals surface area contributed by atoms with Crippen molar-refractivity contribution in [2.75, 3.05) is 7.11 Å². The second-order valence-corrected chi connectivity index (χ2v) is 3.50. The van der Waals surface area contributed by atoms with Gasteiger partial charge in [-0.05, 0) is 18.2 Å². The molecule has 0 aliphatic heterocycles. The summed E-state index contributed by atoms with van der Waals surface area (Å²) in [7, 11) is 1.45. The van der Waals surface area contributed by atoms with Crippen LogP contribution in [0, 0.1) is 5.82 Å². The zero-order valence-corrected chi connectivity index (χ0v) is 9.26. The Morgan fingerprint density at radius 1 is 1.53 bits per heavy atom. The molecule has 2 rings (SSSR count). The highest BCUT2D eigenvalue weighted by atomic mass is 19.1. The number of hydrogen-bond acceptors (Lipinski definition) is 3. The summed E-state index contributed by atoms with van der Waals surface area (Å²) in [5, 5.41) is 0. The number of rotatable bonds is 4. The van der Waals surface area contributed by atoms with Crippen molar-refractivity contribution in [3.63, 3.8) is 0 Å². The molecule has 0 unspecified atom stereocenters. The van der Waals surface area contributed by atoms with Gasteiger partial charge in [-0.1, -0.05) is 0 Å². The highest BCUT2D eigenvalue weighted by Crippen LogP contribution is 2.20. The molecule has 0 fully saturated rings. The van der Waals surface area contributed by atoms with E-state index in [0.29, 0.717) is 5.75 Å². The first kappa shape index (κ1) is 11.3. The van der Waals surface area contributed by atoms with Crippen molar-refractivity contribution in [1.82, 2.24) is 9.55 Å². The smallest absolute Gasteiger partial charge is 0.186 e. The van der Waals surface area contributed by atoms with Crippen LogP contribution in [0.25, 0.3) is 0 Å². The van der Waals surface area contributed by atoms with Crippen LogP contribution in [0.2, 0.25) is 0 Å². The number of aromatic nitrogens is 2. The van der Waals surface area contributed by atoms with Gasteiger partial charge in [0, 0.05) is 12.4 Å². The van der Waals surface area contributed by atoms with Gasteiger partial charge in [0.25, 0.3) is 0 Å². The van der Waals surface area contributed by atoms with E-state index >= 15 is 0 Å². The number of ether oxygens (including phenoxy) is 1. The summed E-state index contributed by atoms with van der Waals surface area (Å²) in [6.07, 6.45) is 4.78. The Labute approximate surface area is 97.7 Å². The van der Waals surface area contributed by atoms with Crippen LogP contribution >= 0.6 is 0 Å². The zero-order chi connectivity index (χ0) is 12.3. The van der Waals surface area contributed by atoms with Gasteiger partial charge >= 0.3 is 0 Å². The maximum atomic E-state index is 13.1. The Balaban J connectivity index is 2.26. The molecule has 0 aliphatic rings. The van der Waals surface area contributed by atoms with Crippen LogP contribution < -0.4 is 4.74 Å². The van der Waals surface area contributed by atoms with E-state index in [4.69, 9.17) is 4.74 Å². The third-order valence-electron chi connectivity index (χ3n) is 2.35. The summed E-state index contributed by atoms with van der Waals surface area (Å²) in [4.78, 5) is 15.8. The lowest BCUT2D eigenvalue weighted by Gasteiger charge is -2.07. The van der Waals surface area contributed by atoms with Crippen LogP contribution in [0.3, 0.4) is 0 Å². The normalized spacial score (nSPS) is 10.2. The number of carbonyl (C=O) groups excluding carboxylic acids is 1. The maximum Gasteiger partial charge on any atom is 0.186 e. The largest absolute Gasteiger partial charge is 0.496 e. The van der Waals surface area contributed by atoms with Crippen molar-refractivity contribution in [1.29, 1.82) is 0 Å². The van der Waals surface area contributed by atoms with Crippen LogP contribution in [0.1, 0.15) is 10.4 Å². The molecule has 88 valence electrons. The van der Waals surface area contributed by atoms with Crippen molar-refractivity contribution >= 4 is 5.78 Å². The SMILES string of the molecule is COc1ccc(F)cc1C(=O)Cn1ccnc1. The second-order valence-electron chi connectivity index (χ2n) is 3.50. The molecule has 0 saturated heterocycles. The molecule has 0 spiro atoms. The predicted octanol–water partition coefficient (Wildman–Crippen LogP) is 1.91. The lowest BCUT2D eigenvalue weighted by molar-refractivity contribution is 0.0968. The van der Waals surface area contributed by atoms with Gasteiger partial charge in [0.05, 0.1) is 25.5 Å². The fourth-order valence-corrected chi connectivity index (χ4v) is 1.53. The molecule has 0 atom stereocenters. The number of nitrogens with zero attached hydrogens (tertiary/aromatic N) is 2. The Morgan fingerprint density at radius 2 is 2.35 bits per heavy atom. The highest BCUT2D eigenvalue weighted by molar-refractivity contribution is 5.98. The van der Waals surface area contributed by atoms with Crippen molar-refractivity contribution in [2.24, 2.45) is 0 Å². The number of ketones is 1. The molecule has 1 aromatic heterocycles. The number of imidazole rings is 1. The van der Waals surface area contributed by atoms with E-state index in [-0.39, 0.29) is 17.9 Å². The summed E-state index contributed by atoms with van der Waals surface area (Å²) in [6.45, 7) is 0.111. The summed E-state index contributed by atoms with van der Waals surface area (Å²) in [5.41, 5.74) is 0.237. The molecule has 1 aromatic carbocycles. The first-order chi connectivity index (χ1) is 8.20. The van der Waals surface area contributed by atoms with Crippen molar-refractivity contribution in [2.45, 2.75) is 6.54 Å². The Morgan fingerprint density at radius 3 is 3.00 bits per heavy atom. The minimum atomic E-state index is -0.459. The van der Waals surface area contributed by atoms with Gasteiger partial charge in [-0.2, -0.15) is 0 Å². The highest BCUT2D eigenvalue weighted by Gasteiger charge is 2.13. The fourth-order valence-electron chi connectivity index (χ4n) is 1.53. The average Bonchev–Trinajstić information content (AvgIpc) is 2.81. The number of benzene rings is 1.